The first-order chi connectivity index (χ1) is 13.1. The Hall–Kier alpha value is -0.930. The third-order valence-corrected chi connectivity index (χ3v) is 6.39. The lowest BCUT2D eigenvalue weighted by molar-refractivity contribution is 0.0532. The predicted molar refractivity (Wildman–Crippen MR) is 117 cm³/mol. The van der Waals surface area contributed by atoms with Gasteiger partial charge in [0.1, 0.15) is 23.7 Å². The summed E-state index contributed by atoms with van der Waals surface area (Å²) in [5.41, 5.74) is 4.51. The number of fused-ring (bicyclic) bond motifs is 1. The normalized spacial score (nSPS) is 13.5. The Morgan fingerprint density at radius 2 is 2.19 bits per heavy atom. The number of benzene rings is 1. The van der Waals surface area contributed by atoms with Crippen molar-refractivity contribution >= 4 is 36.1 Å². The zero-order valence-electron chi connectivity index (χ0n) is 16.1. The Balaban J connectivity index is 2.41. The lowest BCUT2D eigenvalue weighted by atomic mass is 9.94. The smallest absolute Gasteiger partial charge is 0.342 e. The zero-order chi connectivity index (χ0) is 19.8. The number of carbonyl (C=O) groups is 1. The van der Waals surface area contributed by atoms with E-state index < -0.39 is 0 Å². The van der Waals surface area contributed by atoms with E-state index >= 15 is 0 Å². The van der Waals surface area contributed by atoms with Crippen molar-refractivity contribution in [3.63, 3.8) is 0 Å². The molecular formula is C20H27IO5S. The molecule has 7 heteroatoms. The van der Waals surface area contributed by atoms with Gasteiger partial charge < -0.3 is 19.3 Å². The minimum Gasteiger partial charge on any atom is -0.496 e. The van der Waals surface area contributed by atoms with E-state index in [-0.39, 0.29) is 19.2 Å². The van der Waals surface area contributed by atoms with Crippen LogP contribution in [0.4, 0.5) is 0 Å². The van der Waals surface area contributed by atoms with Gasteiger partial charge in [-0.05, 0) is 59.4 Å². The monoisotopic (exact) mass is 506 g/mol. The average Bonchev–Trinajstić information content (AvgIpc) is 3.05. The van der Waals surface area contributed by atoms with E-state index in [0.29, 0.717) is 30.8 Å². The zero-order valence-corrected chi connectivity index (χ0v) is 19.1. The molecule has 150 valence electrons. The van der Waals surface area contributed by atoms with Crippen LogP contribution in [-0.4, -0.2) is 37.2 Å². The van der Waals surface area contributed by atoms with E-state index in [1.165, 1.54) is 5.57 Å². The first-order valence-electron chi connectivity index (χ1n) is 9.13. The highest BCUT2D eigenvalue weighted by Gasteiger charge is 2.33. The van der Waals surface area contributed by atoms with E-state index in [9.17, 15) is 4.79 Å². The SMILES string of the molecule is CC/C(=C\CCc1c(OC)c(C)c2c(c1OCCSI)C(=O)OC2)CCO. The van der Waals surface area contributed by atoms with Gasteiger partial charge in [-0.3, -0.25) is 0 Å². The van der Waals surface area contributed by atoms with Crippen LogP contribution in [0.3, 0.4) is 0 Å². The van der Waals surface area contributed by atoms with Crippen LogP contribution < -0.4 is 9.47 Å². The maximum Gasteiger partial charge on any atom is 0.342 e. The number of halogens is 1. The Kier molecular flexibility index (Phi) is 9.25. The lowest BCUT2D eigenvalue weighted by Crippen LogP contribution is -2.10. The fourth-order valence-electron chi connectivity index (χ4n) is 3.37. The van der Waals surface area contributed by atoms with Gasteiger partial charge in [-0.25, -0.2) is 4.79 Å². The van der Waals surface area contributed by atoms with E-state index in [2.05, 4.69) is 34.2 Å². The molecule has 0 fully saturated rings. The first-order valence-corrected chi connectivity index (χ1v) is 12.7. The molecule has 1 heterocycles. The third kappa shape index (κ3) is 5.32. The summed E-state index contributed by atoms with van der Waals surface area (Å²) in [5, 5.41) is 9.17. The molecule has 1 aromatic carbocycles. The molecule has 0 saturated heterocycles. The number of hydrogen-bond acceptors (Lipinski definition) is 6. The fourth-order valence-corrected chi connectivity index (χ4v) is 4.06. The fraction of sp³-hybridized carbons (Fsp3) is 0.550. The molecule has 0 spiro atoms. The molecule has 1 aliphatic heterocycles. The molecule has 0 radical (unpaired) electrons. The van der Waals surface area contributed by atoms with Crippen LogP contribution in [0.25, 0.3) is 0 Å². The molecule has 2 rings (SSSR count). The molecule has 1 aliphatic rings. The third-order valence-electron chi connectivity index (χ3n) is 4.75. The van der Waals surface area contributed by atoms with Crippen molar-refractivity contribution < 1.29 is 24.1 Å². The number of rotatable bonds is 11. The standard InChI is InChI=1S/C20H27IO5S/c1-4-14(8-9-22)6-5-7-15-18(24-3)13(2)16-12-26-20(23)17(16)19(15)25-10-11-27-21/h6,22H,4-5,7-12H2,1-3H3/b14-6+. The first kappa shape index (κ1) is 22.4. The van der Waals surface area contributed by atoms with Crippen molar-refractivity contribution in [2.24, 2.45) is 0 Å². The Bertz CT molecular complexity index is 702. The predicted octanol–water partition coefficient (Wildman–Crippen LogP) is 4.79. The van der Waals surface area contributed by atoms with E-state index in [1.807, 2.05) is 6.92 Å². The van der Waals surface area contributed by atoms with Crippen LogP contribution in [-0.2, 0) is 17.8 Å². The summed E-state index contributed by atoms with van der Waals surface area (Å²) in [6.07, 6.45) is 5.28. The summed E-state index contributed by atoms with van der Waals surface area (Å²) in [6.45, 7) is 5.01. The van der Waals surface area contributed by atoms with Crippen LogP contribution in [0.5, 0.6) is 11.5 Å². The molecule has 27 heavy (non-hydrogen) atoms. The van der Waals surface area contributed by atoms with Crippen molar-refractivity contribution in [3.05, 3.63) is 33.9 Å². The summed E-state index contributed by atoms with van der Waals surface area (Å²) in [4.78, 5) is 12.3. The van der Waals surface area contributed by atoms with Crippen molar-refractivity contribution in [2.45, 2.75) is 46.1 Å². The molecule has 1 aromatic rings. The number of ether oxygens (including phenoxy) is 3. The second kappa shape index (κ2) is 11.2. The van der Waals surface area contributed by atoms with Crippen LogP contribution in [0.1, 0.15) is 53.2 Å². The molecule has 0 aromatic heterocycles. The number of aliphatic hydroxyl groups is 1. The molecular weight excluding hydrogens is 479 g/mol. The Labute approximate surface area is 177 Å². The topological polar surface area (TPSA) is 65.0 Å². The van der Waals surface area contributed by atoms with Gasteiger partial charge in [-0.1, -0.05) is 27.5 Å². The summed E-state index contributed by atoms with van der Waals surface area (Å²) in [6, 6.07) is 0. The molecule has 0 unspecified atom stereocenters. The summed E-state index contributed by atoms with van der Waals surface area (Å²) >= 11 is 2.23. The van der Waals surface area contributed by atoms with Gasteiger partial charge in [0.2, 0.25) is 0 Å². The van der Waals surface area contributed by atoms with E-state index in [1.54, 1.807) is 16.0 Å². The van der Waals surface area contributed by atoms with E-state index in [0.717, 1.165) is 41.0 Å². The van der Waals surface area contributed by atoms with Crippen molar-refractivity contribution in [2.75, 3.05) is 26.1 Å². The molecule has 0 saturated carbocycles. The number of esters is 1. The van der Waals surface area contributed by atoms with Crippen LogP contribution in [0.15, 0.2) is 11.6 Å². The van der Waals surface area contributed by atoms with Crippen LogP contribution in [0, 0.1) is 6.92 Å². The van der Waals surface area contributed by atoms with Gasteiger partial charge in [0, 0.05) is 23.5 Å². The largest absolute Gasteiger partial charge is 0.496 e. The maximum atomic E-state index is 12.3. The number of hydrogen-bond donors (Lipinski definition) is 1. The highest BCUT2D eigenvalue weighted by atomic mass is 127. The highest BCUT2D eigenvalue weighted by molar-refractivity contribution is 14.2. The van der Waals surface area contributed by atoms with Gasteiger partial charge in [-0.15, -0.1) is 0 Å². The minimum absolute atomic E-state index is 0.162. The van der Waals surface area contributed by atoms with Gasteiger partial charge in [0.15, 0.2) is 0 Å². The summed E-state index contributed by atoms with van der Waals surface area (Å²) < 4.78 is 17.0. The number of aliphatic hydroxyl groups excluding tert-OH is 1. The van der Waals surface area contributed by atoms with Crippen molar-refractivity contribution in [1.82, 2.24) is 0 Å². The maximum absolute atomic E-state index is 12.3. The molecule has 0 aliphatic carbocycles. The number of cyclic esters (lactones) is 1. The molecule has 1 N–H and O–H groups in total. The summed E-state index contributed by atoms with van der Waals surface area (Å²) in [5.74, 6) is 1.89. The average molecular weight is 506 g/mol. The molecule has 0 bridgehead atoms. The van der Waals surface area contributed by atoms with Gasteiger partial charge in [0.25, 0.3) is 0 Å². The quantitative estimate of drug-likeness (QED) is 0.202. The van der Waals surface area contributed by atoms with E-state index in [4.69, 9.17) is 19.3 Å². The van der Waals surface area contributed by atoms with Crippen molar-refractivity contribution in [3.8, 4) is 11.5 Å². The minimum atomic E-state index is -0.320. The van der Waals surface area contributed by atoms with Gasteiger partial charge in [-0.2, -0.15) is 0 Å². The lowest BCUT2D eigenvalue weighted by Gasteiger charge is -2.19. The van der Waals surface area contributed by atoms with Crippen molar-refractivity contribution in [1.29, 1.82) is 0 Å². The molecule has 0 amide bonds. The number of carbonyl (C=O) groups excluding carboxylic acids is 1. The molecule has 0 atom stereocenters. The second-order valence-corrected chi connectivity index (χ2v) is 8.78. The molecule has 5 nitrogen and oxygen atoms in total. The Morgan fingerprint density at radius 1 is 1.41 bits per heavy atom. The second-order valence-electron chi connectivity index (χ2n) is 6.29. The number of allylic oxidation sites excluding steroid dienone is 1. The van der Waals surface area contributed by atoms with Crippen LogP contribution >= 0.6 is 30.1 Å². The summed E-state index contributed by atoms with van der Waals surface area (Å²) in [7, 11) is 3.32. The Morgan fingerprint density at radius 3 is 2.81 bits per heavy atom. The highest BCUT2D eigenvalue weighted by Crippen LogP contribution is 2.43. The van der Waals surface area contributed by atoms with Gasteiger partial charge >= 0.3 is 5.97 Å². The number of methoxy groups -OCH3 is 1. The van der Waals surface area contributed by atoms with Crippen LogP contribution in [0.2, 0.25) is 0 Å². The van der Waals surface area contributed by atoms with Gasteiger partial charge in [0.05, 0.1) is 13.7 Å².